The van der Waals surface area contributed by atoms with E-state index in [1.807, 2.05) is 24.3 Å². The summed E-state index contributed by atoms with van der Waals surface area (Å²) in [6, 6.07) is 12.4. The van der Waals surface area contributed by atoms with Crippen molar-refractivity contribution in [3.63, 3.8) is 0 Å². The van der Waals surface area contributed by atoms with Gasteiger partial charge in [0.1, 0.15) is 17.3 Å². The van der Waals surface area contributed by atoms with Crippen molar-refractivity contribution in [2.75, 3.05) is 17.7 Å². The number of benzene rings is 2. The van der Waals surface area contributed by atoms with Crippen molar-refractivity contribution in [1.29, 1.82) is 0 Å². The molecule has 2 aromatic carbocycles. The number of anilines is 2. The van der Waals surface area contributed by atoms with Gasteiger partial charge in [0.2, 0.25) is 10.0 Å². The van der Waals surface area contributed by atoms with Crippen molar-refractivity contribution in [3.05, 3.63) is 48.0 Å². The zero-order valence-electron chi connectivity index (χ0n) is 11.1. The fourth-order valence-electron chi connectivity index (χ4n) is 2.38. The largest absolute Gasteiger partial charge is 0.491 e. The van der Waals surface area contributed by atoms with Crippen molar-refractivity contribution >= 4 is 21.4 Å². The van der Waals surface area contributed by atoms with Gasteiger partial charge in [-0.25, -0.2) is 13.6 Å². The number of rotatable bonds is 3. The molecule has 5 N–H and O–H groups in total. The van der Waals surface area contributed by atoms with Crippen LogP contribution in [0.1, 0.15) is 11.6 Å². The summed E-state index contributed by atoms with van der Waals surface area (Å²) in [5.74, 6) is 0.851. The molecule has 0 aliphatic carbocycles. The number of para-hydroxylation sites is 1. The highest BCUT2D eigenvalue weighted by molar-refractivity contribution is 7.89. The molecule has 1 heterocycles. The molecule has 110 valence electrons. The average Bonchev–Trinajstić information content (AvgIpc) is 2.81. The van der Waals surface area contributed by atoms with E-state index in [4.69, 9.17) is 15.6 Å². The predicted molar refractivity (Wildman–Crippen MR) is 80.5 cm³/mol. The van der Waals surface area contributed by atoms with E-state index in [9.17, 15) is 8.42 Å². The highest BCUT2D eigenvalue weighted by Gasteiger charge is 2.23. The smallest absolute Gasteiger partial charge is 0.240 e. The second kappa shape index (κ2) is 4.94. The van der Waals surface area contributed by atoms with Crippen LogP contribution in [-0.4, -0.2) is 15.0 Å². The lowest BCUT2D eigenvalue weighted by Gasteiger charge is -2.14. The van der Waals surface area contributed by atoms with E-state index >= 15 is 0 Å². The second-order valence-corrected chi connectivity index (χ2v) is 6.37. The first-order chi connectivity index (χ1) is 9.95. The summed E-state index contributed by atoms with van der Waals surface area (Å²) >= 11 is 0. The third-order valence-corrected chi connectivity index (χ3v) is 4.34. The van der Waals surface area contributed by atoms with E-state index in [0.29, 0.717) is 12.3 Å². The van der Waals surface area contributed by atoms with E-state index < -0.39 is 10.0 Å². The highest BCUT2D eigenvalue weighted by atomic mass is 32.2. The molecule has 0 fully saturated rings. The lowest BCUT2D eigenvalue weighted by atomic mass is 10.1. The molecule has 6 nitrogen and oxygen atoms in total. The van der Waals surface area contributed by atoms with Crippen molar-refractivity contribution < 1.29 is 13.2 Å². The van der Waals surface area contributed by atoms with Gasteiger partial charge in [-0.05, 0) is 24.3 Å². The normalized spacial score (nSPS) is 17.1. The van der Waals surface area contributed by atoms with Crippen LogP contribution in [0.2, 0.25) is 0 Å². The fourth-order valence-corrected chi connectivity index (χ4v) is 3.03. The quantitative estimate of drug-likeness (QED) is 0.744. The van der Waals surface area contributed by atoms with Gasteiger partial charge >= 0.3 is 0 Å². The zero-order chi connectivity index (χ0) is 15.0. The van der Waals surface area contributed by atoms with Crippen molar-refractivity contribution in [1.82, 2.24) is 0 Å². The Morgan fingerprint density at radius 3 is 2.67 bits per heavy atom. The van der Waals surface area contributed by atoms with Crippen molar-refractivity contribution in [2.45, 2.75) is 10.9 Å². The Labute approximate surface area is 122 Å². The Bertz CT molecular complexity index is 790. The third kappa shape index (κ3) is 2.65. The van der Waals surface area contributed by atoms with Crippen LogP contribution >= 0.6 is 0 Å². The molecule has 0 saturated heterocycles. The van der Waals surface area contributed by atoms with Gasteiger partial charge in [-0.15, -0.1) is 0 Å². The number of nitrogens with two attached hydrogens (primary N) is 2. The third-order valence-electron chi connectivity index (χ3n) is 3.36. The molecular weight excluding hydrogens is 290 g/mol. The van der Waals surface area contributed by atoms with E-state index in [0.717, 1.165) is 11.3 Å². The number of primary sulfonamides is 1. The molecule has 2 aromatic rings. The average molecular weight is 305 g/mol. The Morgan fingerprint density at radius 1 is 1.19 bits per heavy atom. The summed E-state index contributed by atoms with van der Waals surface area (Å²) in [6.07, 6.45) is 0. The summed E-state index contributed by atoms with van der Waals surface area (Å²) in [5.41, 5.74) is 7.64. The molecule has 0 aromatic heterocycles. The first-order valence-electron chi connectivity index (χ1n) is 6.36. The van der Waals surface area contributed by atoms with Gasteiger partial charge in [0, 0.05) is 11.3 Å². The number of nitrogen functional groups attached to an aromatic ring is 1. The van der Waals surface area contributed by atoms with Gasteiger partial charge in [-0.3, -0.25) is 0 Å². The van der Waals surface area contributed by atoms with Gasteiger partial charge in [-0.1, -0.05) is 18.2 Å². The van der Waals surface area contributed by atoms with Crippen LogP contribution < -0.4 is 20.9 Å². The molecule has 0 radical (unpaired) electrons. The predicted octanol–water partition coefficient (Wildman–Crippen LogP) is 1.46. The first-order valence-corrected chi connectivity index (χ1v) is 7.90. The summed E-state index contributed by atoms with van der Waals surface area (Å²) in [5, 5.41) is 8.36. The van der Waals surface area contributed by atoms with Crippen LogP contribution in [0.15, 0.2) is 47.4 Å². The fraction of sp³-hybridized carbons (Fsp3) is 0.143. The van der Waals surface area contributed by atoms with E-state index in [2.05, 4.69) is 5.32 Å². The molecule has 0 bridgehead atoms. The summed E-state index contributed by atoms with van der Waals surface area (Å²) in [7, 11) is -3.80. The van der Waals surface area contributed by atoms with Crippen LogP contribution in [-0.2, 0) is 10.0 Å². The highest BCUT2D eigenvalue weighted by Crippen LogP contribution is 2.34. The molecule has 0 saturated carbocycles. The maximum atomic E-state index is 11.3. The maximum absolute atomic E-state index is 11.3. The van der Waals surface area contributed by atoms with Gasteiger partial charge in [0.05, 0.1) is 11.7 Å². The maximum Gasteiger partial charge on any atom is 0.240 e. The number of fused-ring (bicyclic) bond motifs is 1. The Kier molecular flexibility index (Phi) is 3.23. The Morgan fingerprint density at radius 2 is 1.95 bits per heavy atom. The Balaban J connectivity index is 1.86. The van der Waals surface area contributed by atoms with Gasteiger partial charge < -0.3 is 15.8 Å². The van der Waals surface area contributed by atoms with Gasteiger partial charge in [0.15, 0.2) is 0 Å². The number of nitrogens with one attached hydrogen (secondary N) is 1. The molecular formula is C14H15N3O3S. The topological polar surface area (TPSA) is 107 Å². The molecule has 3 rings (SSSR count). The molecule has 0 amide bonds. The van der Waals surface area contributed by atoms with E-state index in [-0.39, 0.29) is 16.6 Å². The van der Waals surface area contributed by atoms with E-state index in [1.54, 1.807) is 12.1 Å². The minimum Gasteiger partial charge on any atom is -0.491 e. The number of sulfonamides is 1. The second-order valence-electron chi connectivity index (χ2n) is 4.84. The molecule has 0 spiro atoms. The van der Waals surface area contributed by atoms with Gasteiger partial charge in [0.25, 0.3) is 0 Å². The molecule has 1 unspecified atom stereocenters. The van der Waals surface area contributed by atoms with Crippen LogP contribution in [0.4, 0.5) is 11.4 Å². The zero-order valence-corrected chi connectivity index (χ0v) is 11.9. The van der Waals surface area contributed by atoms with Crippen molar-refractivity contribution in [2.24, 2.45) is 5.14 Å². The first kappa shape index (κ1) is 13.7. The molecule has 21 heavy (non-hydrogen) atoms. The number of ether oxygens (including phenoxy) is 1. The van der Waals surface area contributed by atoms with E-state index in [1.165, 1.54) is 6.07 Å². The molecule has 1 aliphatic rings. The lowest BCUT2D eigenvalue weighted by Crippen LogP contribution is -2.15. The Hall–Kier alpha value is -2.25. The minimum absolute atomic E-state index is 0.000865. The number of hydrogen-bond acceptors (Lipinski definition) is 5. The summed E-state index contributed by atoms with van der Waals surface area (Å²) in [6.45, 7) is 0.510. The van der Waals surface area contributed by atoms with Crippen LogP contribution in [0, 0.1) is 0 Å². The standard InChI is InChI=1S/C14H15N3O3S/c15-11-7-9(5-6-14(11)21(16,18)19)17-12-8-20-13-4-2-1-3-10(12)13/h1-7,12,17H,8,15H2,(H2,16,18,19). The van der Waals surface area contributed by atoms with Crippen LogP contribution in [0.3, 0.4) is 0 Å². The van der Waals surface area contributed by atoms with Gasteiger partial charge in [-0.2, -0.15) is 0 Å². The number of hydrogen-bond donors (Lipinski definition) is 3. The summed E-state index contributed by atoms with van der Waals surface area (Å²) < 4.78 is 28.2. The molecule has 1 atom stereocenters. The monoisotopic (exact) mass is 305 g/mol. The van der Waals surface area contributed by atoms with Crippen LogP contribution in [0.25, 0.3) is 0 Å². The molecule has 1 aliphatic heterocycles. The SMILES string of the molecule is Nc1cc(NC2COc3ccccc32)ccc1S(N)(=O)=O. The molecule has 7 heteroatoms. The summed E-state index contributed by atoms with van der Waals surface area (Å²) in [4.78, 5) is -0.0730. The van der Waals surface area contributed by atoms with Crippen LogP contribution in [0.5, 0.6) is 5.75 Å². The van der Waals surface area contributed by atoms with Crippen molar-refractivity contribution in [3.8, 4) is 5.75 Å². The minimum atomic E-state index is -3.80. The lowest BCUT2D eigenvalue weighted by molar-refractivity contribution is 0.340.